The van der Waals surface area contributed by atoms with Crippen molar-refractivity contribution in [2.24, 2.45) is 0 Å². The molecule has 1 saturated carbocycles. The van der Waals surface area contributed by atoms with Crippen molar-refractivity contribution >= 4 is 21.9 Å². The molecule has 3 nitrogen and oxygen atoms in total. The fraction of sp³-hybridized carbons (Fsp3) is 0.357. The van der Waals surface area contributed by atoms with E-state index < -0.39 is 0 Å². The fourth-order valence-corrected chi connectivity index (χ4v) is 2.32. The second-order valence-electron chi connectivity index (χ2n) is 4.93. The van der Waals surface area contributed by atoms with Crippen molar-refractivity contribution in [3.8, 4) is 5.69 Å². The minimum absolute atomic E-state index is 0.615. The van der Waals surface area contributed by atoms with Gasteiger partial charge in [0.15, 0.2) is 0 Å². The number of nitrogens with one attached hydrogen (secondary N) is 1. The summed E-state index contributed by atoms with van der Waals surface area (Å²) in [6, 6.07) is 4.97. The van der Waals surface area contributed by atoms with Crippen molar-refractivity contribution in [1.82, 2.24) is 9.55 Å². The molecule has 0 amide bonds. The van der Waals surface area contributed by atoms with Crippen molar-refractivity contribution in [1.29, 1.82) is 0 Å². The van der Waals surface area contributed by atoms with Crippen LogP contribution in [0, 0.1) is 13.8 Å². The molecular formula is C14H16BrN3. The normalized spacial score (nSPS) is 14.8. The number of benzene rings is 1. The Bertz CT molecular complexity index is 561. The van der Waals surface area contributed by atoms with Gasteiger partial charge >= 0.3 is 0 Å². The highest BCUT2D eigenvalue weighted by Crippen LogP contribution is 2.28. The van der Waals surface area contributed by atoms with Crippen molar-refractivity contribution in [3.05, 3.63) is 40.1 Å². The molecule has 4 heteroatoms. The molecular weight excluding hydrogens is 290 g/mol. The third-order valence-corrected chi connectivity index (χ3v) is 4.50. The Balaban J connectivity index is 2.01. The van der Waals surface area contributed by atoms with Crippen LogP contribution in [0.1, 0.15) is 24.0 Å². The molecule has 0 atom stereocenters. The van der Waals surface area contributed by atoms with Crippen molar-refractivity contribution in [2.45, 2.75) is 32.7 Å². The molecule has 2 aromatic rings. The number of rotatable bonds is 3. The molecule has 1 aromatic heterocycles. The molecule has 0 aliphatic heterocycles. The first kappa shape index (κ1) is 11.8. The molecule has 1 N–H and O–H groups in total. The Kier molecular flexibility index (Phi) is 2.90. The number of aryl methyl sites for hydroxylation is 2. The maximum absolute atomic E-state index is 4.39. The van der Waals surface area contributed by atoms with E-state index in [1.54, 1.807) is 0 Å². The van der Waals surface area contributed by atoms with Crippen LogP contribution in [0.3, 0.4) is 0 Å². The molecule has 1 aliphatic rings. The molecule has 0 radical (unpaired) electrons. The lowest BCUT2D eigenvalue weighted by Gasteiger charge is -2.12. The Hall–Kier alpha value is -1.29. The van der Waals surface area contributed by atoms with E-state index >= 15 is 0 Å². The van der Waals surface area contributed by atoms with E-state index in [0.717, 1.165) is 11.6 Å². The molecule has 94 valence electrons. The van der Waals surface area contributed by atoms with Gasteiger partial charge in [0, 0.05) is 28.6 Å². The maximum atomic E-state index is 4.39. The van der Waals surface area contributed by atoms with Gasteiger partial charge in [0.25, 0.3) is 0 Å². The summed E-state index contributed by atoms with van der Waals surface area (Å²) in [6.07, 6.45) is 6.36. The zero-order valence-electron chi connectivity index (χ0n) is 10.6. The molecule has 0 spiro atoms. The number of hydrogen-bond acceptors (Lipinski definition) is 2. The van der Waals surface area contributed by atoms with Crippen LogP contribution in [0.25, 0.3) is 5.69 Å². The van der Waals surface area contributed by atoms with E-state index in [1.807, 2.05) is 12.4 Å². The number of anilines is 1. The number of imidazole rings is 1. The number of hydrogen-bond donors (Lipinski definition) is 1. The molecule has 18 heavy (non-hydrogen) atoms. The molecule has 0 saturated heterocycles. The quantitative estimate of drug-likeness (QED) is 0.934. The molecule has 1 fully saturated rings. The first-order valence-corrected chi connectivity index (χ1v) is 7.01. The lowest BCUT2D eigenvalue weighted by atomic mass is 10.1. The van der Waals surface area contributed by atoms with Crippen LogP contribution in [-0.2, 0) is 0 Å². The van der Waals surface area contributed by atoms with Crippen LogP contribution in [0.5, 0.6) is 0 Å². The molecule has 1 aromatic carbocycles. The summed E-state index contributed by atoms with van der Waals surface area (Å²) in [6.45, 7) is 4.23. The van der Waals surface area contributed by atoms with Crippen LogP contribution in [-0.4, -0.2) is 15.6 Å². The molecule has 0 unspecified atom stereocenters. The molecule has 1 aliphatic carbocycles. The molecule has 0 bridgehead atoms. The lowest BCUT2D eigenvalue weighted by Crippen LogP contribution is -2.08. The van der Waals surface area contributed by atoms with E-state index in [4.69, 9.17) is 0 Å². The number of nitrogens with zero attached hydrogens (tertiary/aromatic N) is 2. The van der Waals surface area contributed by atoms with E-state index in [2.05, 4.69) is 56.8 Å². The second-order valence-corrected chi connectivity index (χ2v) is 5.73. The van der Waals surface area contributed by atoms with Crippen molar-refractivity contribution in [2.75, 3.05) is 5.32 Å². The first-order valence-electron chi connectivity index (χ1n) is 6.22. The summed E-state index contributed by atoms with van der Waals surface area (Å²) in [7, 11) is 0. The summed E-state index contributed by atoms with van der Waals surface area (Å²) in [5.41, 5.74) is 3.65. The van der Waals surface area contributed by atoms with Crippen LogP contribution in [0.2, 0.25) is 0 Å². The van der Waals surface area contributed by atoms with Crippen LogP contribution < -0.4 is 5.32 Å². The standard InChI is InChI=1S/C14H16BrN3/c1-9-7-12(8-10(2)13(9)15)18-6-5-16-14(18)17-11-3-4-11/h5-8,11H,3-4H2,1-2H3,(H,16,17). The monoisotopic (exact) mass is 305 g/mol. The van der Waals surface area contributed by atoms with Gasteiger partial charge in [0.05, 0.1) is 0 Å². The highest BCUT2D eigenvalue weighted by atomic mass is 79.9. The Morgan fingerprint density at radius 1 is 1.28 bits per heavy atom. The average molecular weight is 306 g/mol. The summed E-state index contributed by atoms with van der Waals surface area (Å²) in [5.74, 6) is 0.943. The second kappa shape index (κ2) is 4.43. The predicted octanol–water partition coefficient (Wildman–Crippen LogP) is 3.83. The third kappa shape index (κ3) is 2.17. The highest BCUT2D eigenvalue weighted by molar-refractivity contribution is 9.10. The Morgan fingerprint density at radius 2 is 1.94 bits per heavy atom. The number of halogens is 1. The van der Waals surface area contributed by atoms with Crippen molar-refractivity contribution < 1.29 is 0 Å². The third-order valence-electron chi connectivity index (χ3n) is 3.25. The van der Waals surface area contributed by atoms with Crippen LogP contribution in [0.4, 0.5) is 5.95 Å². The fourth-order valence-electron chi connectivity index (χ4n) is 2.09. The Labute approximate surface area is 115 Å². The van der Waals surface area contributed by atoms with Gasteiger partial charge in [0.2, 0.25) is 5.95 Å². The average Bonchev–Trinajstić information content (AvgIpc) is 3.02. The van der Waals surface area contributed by atoms with Gasteiger partial charge in [-0.3, -0.25) is 4.57 Å². The van der Waals surface area contributed by atoms with Gasteiger partial charge in [0.1, 0.15) is 0 Å². The predicted molar refractivity (Wildman–Crippen MR) is 77.4 cm³/mol. The topological polar surface area (TPSA) is 29.9 Å². The Morgan fingerprint density at radius 3 is 2.56 bits per heavy atom. The lowest BCUT2D eigenvalue weighted by molar-refractivity contribution is 0.997. The van der Waals surface area contributed by atoms with Crippen LogP contribution >= 0.6 is 15.9 Å². The van der Waals surface area contributed by atoms with Gasteiger partial charge in [-0.05, 0) is 49.9 Å². The first-order chi connectivity index (χ1) is 8.65. The van der Waals surface area contributed by atoms with E-state index in [9.17, 15) is 0 Å². The van der Waals surface area contributed by atoms with Crippen molar-refractivity contribution in [3.63, 3.8) is 0 Å². The van der Waals surface area contributed by atoms with Crippen LogP contribution in [0.15, 0.2) is 29.0 Å². The summed E-state index contributed by atoms with van der Waals surface area (Å²) < 4.78 is 3.30. The van der Waals surface area contributed by atoms with Gasteiger partial charge in [-0.15, -0.1) is 0 Å². The zero-order valence-corrected chi connectivity index (χ0v) is 12.2. The van der Waals surface area contributed by atoms with E-state index in [0.29, 0.717) is 6.04 Å². The van der Waals surface area contributed by atoms with Gasteiger partial charge in [-0.25, -0.2) is 4.98 Å². The highest BCUT2D eigenvalue weighted by Gasteiger charge is 2.22. The molecule has 3 rings (SSSR count). The van der Waals surface area contributed by atoms with Gasteiger partial charge in [-0.1, -0.05) is 15.9 Å². The minimum atomic E-state index is 0.615. The van der Waals surface area contributed by atoms with Gasteiger partial charge < -0.3 is 5.32 Å². The van der Waals surface area contributed by atoms with Gasteiger partial charge in [-0.2, -0.15) is 0 Å². The maximum Gasteiger partial charge on any atom is 0.207 e. The molecule has 1 heterocycles. The van der Waals surface area contributed by atoms with E-state index in [-0.39, 0.29) is 0 Å². The van der Waals surface area contributed by atoms with E-state index in [1.165, 1.54) is 28.4 Å². The summed E-state index contributed by atoms with van der Waals surface area (Å²) >= 11 is 3.60. The largest absolute Gasteiger partial charge is 0.353 e. The summed E-state index contributed by atoms with van der Waals surface area (Å²) in [4.78, 5) is 4.39. The smallest absolute Gasteiger partial charge is 0.207 e. The number of aromatic nitrogens is 2. The zero-order chi connectivity index (χ0) is 12.7. The SMILES string of the molecule is Cc1cc(-n2ccnc2NC2CC2)cc(C)c1Br. The summed E-state index contributed by atoms with van der Waals surface area (Å²) in [5, 5.41) is 3.46. The minimum Gasteiger partial charge on any atom is -0.353 e.